The number of halogens is 1. The molecule has 1 fully saturated rings. The summed E-state index contributed by atoms with van der Waals surface area (Å²) in [6.07, 6.45) is 8.85. The largest absolute Gasteiger partial charge is 0.365 e. The Morgan fingerprint density at radius 1 is 1.03 bits per heavy atom. The molecule has 2 atom stereocenters. The van der Waals surface area contributed by atoms with Gasteiger partial charge in [0.1, 0.15) is 5.82 Å². The number of carbonyl (C=O) groups excluding carboxylic acids is 1. The molecule has 0 spiro atoms. The van der Waals surface area contributed by atoms with Crippen LogP contribution in [0.4, 0.5) is 21.7 Å². The van der Waals surface area contributed by atoms with Gasteiger partial charge in [-0.1, -0.05) is 31.0 Å². The zero-order valence-corrected chi connectivity index (χ0v) is 19.0. The van der Waals surface area contributed by atoms with Gasteiger partial charge in [-0.05, 0) is 42.7 Å². The molecule has 1 aromatic carbocycles. The number of rotatable bonds is 6. The molecule has 2 unspecified atom stereocenters. The van der Waals surface area contributed by atoms with Crippen molar-refractivity contribution in [1.29, 1.82) is 0 Å². The maximum absolute atomic E-state index is 14.8. The summed E-state index contributed by atoms with van der Waals surface area (Å²) in [7, 11) is 0. The summed E-state index contributed by atoms with van der Waals surface area (Å²) in [6.45, 7) is 0. The molecule has 0 saturated heterocycles. The first-order valence-electron chi connectivity index (χ1n) is 11.6. The number of fused-ring (bicyclic) bond motifs is 1. The molecular weight excluding hydrogens is 445 g/mol. The molecular formula is C26H26FN7O. The van der Waals surface area contributed by atoms with E-state index in [1.54, 1.807) is 18.6 Å². The van der Waals surface area contributed by atoms with Gasteiger partial charge in [0.05, 0.1) is 23.0 Å². The van der Waals surface area contributed by atoms with Crippen molar-refractivity contribution in [2.24, 2.45) is 11.5 Å². The third-order valence-electron chi connectivity index (χ3n) is 6.32. The minimum absolute atomic E-state index is 0.0320. The van der Waals surface area contributed by atoms with Gasteiger partial charge in [-0.3, -0.25) is 14.8 Å². The molecule has 0 aliphatic heterocycles. The summed E-state index contributed by atoms with van der Waals surface area (Å²) in [5.74, 6) is -1.27. The van der Waals surface area contributed by atoms with Crippen molar-refractivity contribution >= 4 is 34.1 Å². The average molecular weight is 472 g/mol. The van der Waals surface area contributed by atoms with Crippen LogP contribution in [0, 0.1) is 5.82 Å². The van der Waals surface area contributed by atoms with Gasteiger partial charge in [0.2, 0.25) is 0 Å². The van der Waals surface area contributed by atoms with Crippen LogP contribution in [0.5, 0.6) is 0 Å². The number of benzene rings is 1. The number of carbonyl (C=O) groups is 1. The van der Waals surface area contributed by atoms with Crippen molar-refractivity contribution in [3.8, 4) is 11.1 Å². The van der Waals surface area contributed by atoms with Crippen molar-refractivity contribution in [3.05, 3.63) is 72.4 Å². The number of nitrogens with one attached hydrogen (secondary N) is 2. The van der Waals surface area contributed by atoms with Gasteiger partial charge < -0.3 is 22.1 Å². The number of primary amides is 1. The van der Waals surface area contributed by atoms with Crippen LogP contribution in [0.15, 0.2) is 61.1 Å². The highest BCUT2D eigenvalue weighted by molar-refractivity contribution is 5.98. The molecule has 1 aliphatic carbocycles. The summed E-state index contributed by atoms with van der Waals surface area (Å²) in [4.78, 5) is 25.1. The predicted molar refractivity (Wildman–Crippen MR) is 135 cm³/mol. The molecule has 1 amide bonds. The molecule has 1 aliphatic rings. The SMILES string of the molecule is NC(=O)c1cc(F)c(NC2CCCCC2N)nc1Nc1cncc(-c2ccc3cccnc3c2)c1. The number of hydrogen-bond acceptors (Lipinski definition) is 7. The predicted octanol–water partition coefficient (Wildman–Crippen LogP) is 4.36. The molecule has 178 valence electrons. The van der Waals surface area contributed by atoms with E-state index >= 15 is 0 Å². The molecule has 35 heavy (non-hydrogen) atoms. The van der Waals surface area contributed by atoms with E-state index in [2.05, 4.69) is 25.6 Å². The highest BCUT2D eigenvalue weighted by atomic mass is 19.1. The summed E-state index contributed by atoms with van der Waals surface area (Å²) in [5.41, 5.74) is 14.9. The first-order valence-corrected chi connectivity index (χ1v) is 11.6. The van der Waals surface area contributed by atoms with Crippen molar-refractivity contribution in [1.82, 2.24) is 15.0 Å². The van der Waals surface area contributed by atoms with Crippen LogP contribution in [-0.4, -0.2) is 32.9 Å². The Morgan fingerprint density at radius 3 is 2.71 bits per heavy atom. The second-order valence-corrected chi connectivity index (χ2v) is 8.78. The van der Waals surface area contributed by atoms with Crippen molar-refractivity contribution in [3.63, 3.8) is 0 Å². The monoisotopic (exact) mass is 471 g/mol. The zero-order chi connectivity index (χ0) is 24.4. The summed E-state index contributed by atoms with van der Waals surface area (Å²) in [6, 6.07) is 12.7. The van der Waals surface area contributed by atoms with E-state index in [0.29, 0.717) is 5.69 Å². The third kappa shape index (κ3) is 4.90. The summed E-state index contributed by atoms with van der Waals surface area (Å²) < 4.78 is 14.8. The van der Waals surface area contributed by atoms with Crippen molar-refractivity contribution in [2.75, 3.05) is 10.6 Å². The quantitative estimate of drug-likeness (QED) is 0.329. The number of nitrogens with zero attached hydrogens (tertiary/aromatic N) is 3. The van der Waals surface area contributed by atoms with Crippen LogP contribution in [-0.2, 0) is 0 Å². The second-order valence-electron chi connectivity index (χ2n) is 8.78. The Balaban J connectivity index is 1.46. The molecule has 8 nitrogen and oxygen atoms in total. The highest BCUT2D eigenvalue weighted by Gasteiger charge is 2.24. The number of amides is 1. The number of hydrogen-bond donors (Lipinski definition) is 4. The lowest BCUT2D eigenvalue weighted by molar-refractivity contribution is 0.100. The van der Waals surface area contributed by atoms with E-state index in [0.717, 1.165) is 53.8 Å². The van der Waals surface area contributed by atoms with E-state index in [-0.39, 0.29) is 29.3 Å². The molecule has 6 N–H and O–H groups in total. The number of nitrogens with two attached hydrogens (primary N) is 2. The molecule has 1 saturated carbocycles. The van der Waals surface area contributed by atoms with Gasteiger partial charge in [0, 0.05) is 35.4 Å². The Morgan fingerprint density at radius 2 is 1.89 bits per heavy atom. The lowest BCUT2D eigenvalue weighted by atomic mass is 9.91. The Labute approximate surface area is 202 Å². The zero-order valence-electron chi connectivity index (χ0n) is 19.0. The lowest BCUT2D eigenvalue weighted by Gasteiger charge is -2.30. The fourth-order valence-corrected chi connectivity index (χ4v) is 4.44. The first-order chi connectivity index (χ1) is 17.0. The van der Waals surface area contributed by atoms with Crippen LogP contribution in [0.2, 0.25) is 0 Å². The Bertz CT molecular complexity index is 1390. The van der Waals surface area contributed by atoms with Crippen molar-refractivity contribution in [2.45, 2.75) is 37.8 Å². The molecule has 4 aromatic rings. The molecule has 0 radical (unpaired) electrons. The second kappa shape index (κ2) is 9.63. The molecule has 3 aromatic heterocycles. The number of anilines is 3. The lowest BCUT2D eigenvalue weighted by Crippen LogP contribution is -2.43. The van der Waals surface area contributed by atoms with Gasteiger partial charge in [0.25, 0.3) is 5.91 Å². The normalized spacial score (nSPS) is 17.8. The van der Waals surface area contributed by atoms with E-state index in [4.69, 9.17) is 11.5 Å². The van der Waals surface area contributed by atoms with E-state index in [1.165, 1.54) is 0 Å². The van der Waals surface area contributed by atoms with Gasteiger partial charge >= 0.3 is 0 Å². The van der Waals surface area contributed by atoms with Gasteiger partial charge in [-0.25, -0.2) is 9.37 Å². The molecule has 9 heteroatoms. The number of pyridine rings is 3. The Kier molecular flexibility index (Phi) is 6.24. The van der Waals surface area contributed by atoms with E-state index in [1.807, 2.05) is 36.4 Å². The Hall–Kier alpha value is -4.11. The van der Waals surface area contributed by atoms with Crippen LogP contribution in [0.3, 0.4) is 0 Å². The first kappa shape index (κ1) is 22.7. The minimum Gasteiger partial charge on any atom is -0.365 e. The van der Waals surface area contributed by atoms with Crippen LogP contribution in [0.1, 0.15) is 36.0 Å². The summed E-state index contributed by atoms with van der Waals surface area (Å²) >= 11 is 0. The minimum atomic E-state index is -0.787. The van der Waals surface area contributed by atoms with Crippen LogP contribution >= 0.6 is 0 Å². The average Bonchev–Trinajstić information content (AvgIpc) is 2.87. The smallest absolute Gasteiger partial charge is 0.252 e. The number of aromatic nitrogens is 3. The maximum Gasteiger partial charge on any atom is 0.252 e. The maximum atomic E-state index is 14.8. The van der Waals surface area contributed by atoms with Gasteiger partial charge in [0.15, 0.2) is 11.6 Å². The van der Waals surface area contributed by atoms with E-state index < -0.39 is 11.7 Å². The third-order valence-corrected chi connectivity index (χ3v) is 6.32. The van der Waals surface area contributed by atoms with E-state index in [9.17, 15) is 9.18 Å². The van der Waals surface area contributed by atoms with Gasteiger partial charge in [-0.2, -0.15) is 0 Å². The van der Waals surface area contributed by atoms with Crippen LogP contribution < -0.4 is 22.1 Å². The van der Waals surface area contributed by atoms with Crippen molar-refractivity contribution < 1.29 is 9.18 Å². The topological polar surface area (TPSA) is 132 Å². The molecule has 3 heterocycles. The molecule has 5 rings (SSSR count). The van der Waals surface area contributed by atoms with Crippen LogP contribution in [0.25, 0.3) is 22.0 Å². The highest BCUT2D eigenvalue weighted by Crippen LogP contribution is 2.29. The summed E-state index contributed by atoms with van der Waals surface area (Å²) in [5, 5.41) is 7.25. The fraction of sp³-hybridized carbons (Fsp3) is 0.231. The molecule has 0 bridgehead atoms. The van der Waals surface area contributed by atoms with Gasteiger partial charge in [-0.15, -0.1) is 0 Å². The fourth-order valence-electron chi connectivity index (χ4n) is 4.44. The standard InChI is InChI=1S/C26H26FN7O/c27-20-12-19(24(29)35)25(34-26(20)33-22-6-2-1-5-21(22)28)32-18-10-17(13-30-14-18)16-8-7-15-4-3-9-31-23(15)11-16/h3-4,7-14,21-22H,1-2,5-6,28H2,(H2,29,35)(H2,32,33,34).